The first-order chi connectivity index (χ1) is 14.1. The molecule has 30 heavy (non-hydrogen) atoms. The molecule has 1 saturated heterocycles. The number of carboxylic acids is 1. The summed E-state index contributed by atoms with van der Waals surface area (Å²) in [5, 5.41) is 11.8. The molecule has 166 valence electrons. The molecular weight excluding hydrogens is 390 g/mol. The Morgan fingerprint density at radius 1 is 1.27 bits per heavy atom. The lowest BCUT2D eigenvalue weighted by atomic mass is 9.97. The Balaban J connectivity index is 1.92. The van der Waals surface area contributed by atoms with Crippen LogP contribution in [0.1, 0.15) is 46.1 Å². The smallest absolute Gasteiger partial charge is 0.408 e. The van der Waals surface area contributed by atoms with Crippen molar-refractivity contribution in [2.45, 2.75) is 58.6 Å². The minimum atomic E-state index is -1.15. The van der Waals surface area contributed by atoms with Crippen molar-refractivity contribution >= 4 is 23.8 Å². The van der Waals surface area contributed by atoms with Gasteiger partial charge in [0, 0.05) is 25.7 Å². The van der Waals surface area contributed by atoms with Crippen LogP contribution in [-0.2, 0) is 25.5 Å². The number of pyridine rings is 1. The van der Waals surface area contributed by atoms with Gasteiger partial charge in [-0.1, -0.05) is 6.07 Å². The SMILES string of the molecule is CCOC(=O)C1CCN(c2ccc(CC(NC(=O)OC(C)(C)C)C(=O)O)cn2)CC1. The molecule has 1 aliphatic rings. The maximum Gasteiger partial charge on any atom is 0.408 e. The summed E-state index contributed by atoms with van der Waals surface area (Å²) in [6.45, 7) is 8.72. The van der Waals surface area contributed by atoms with Gasteiger partial charge in [0.1, 0.15) is 17.5 Å². The summed E-state index contributed by atoms with van der Waals surface area (Å²) in [6.07, 6.45) is 2.35. The molecule has 1 atom stereocenters. The van der Waals surface area contributed by atoms with Crippen LogP contribution in [0.15, 0.2) is 18.3 Å². The molecule has 0 radical (unpaired) electrons. The second-order valence-corrected chi connectivity index (χ2v) is 8.28. The zero-order valence-electron chi connectivity index (χ0n) is 18.0. The Hall–Kier alpha value is -2.84. The van der Waals surface area contributed by atoms with Crippen LogP contribution in [-0.4, -0.2) is 59.5 Å². The summed E-state index contributed by atoms with van der Waals surface area (Å²) >= 11 is 0. The number of hydrogen-bond acceptors (Lipinski definition) is 7. The van der Waals surface area contributed by atoms with E-state index in [1.54, 1.807) is 40.0 Å². The zero-order valence-corrected chi connectivity index (χ0v) is 18.0. The van der Waals surface area contributed by atoms with Crippen LogP contribution in [0.5, 0.6) is 0 Å². The lowest BCUT2D eigenvalue weighted by Crippen LogP contribution is -2.44. The highest BCUT2D eigenvalue weighted by Crippen LogP contribution is 2.23. The number of hydrogen-bond donors (Lipinski definition) is 2. The Morgan fingerprint density at radius 3 is 2.43 bits per heavy atom. The molecule has 0 saturated carbocycles. The van der Waals surface area contributed by atoms with Crippen LogP contribution in [0, 0.1) is 5.92 Å². The molecule has 0 aromatic carbocycles. The lowest BCUT2D eigenvalue weighted by Gasteiger charge is -2.31. The summed E-state index contributed by atoms with van der Waals surface area (Å²) in [7, 11) is 0. The molecule has 1 aromatic heterocycles. The largest absolute Gasteiger partial charge is 0.480 e. The number of rotatable bonds is 7. The number of carbonyl (C=O) groups is 3. The molecule has 2 rings (SSSR count). The number of esters is 1. The van der Waals surface area contributed by atoms with Crippen LogP contribution >= 0.6 is 0 Å². The van der Waals surface area contributed by atoms with Gasteiger partial charge in [-0.2, -0.15) is 0 Å². The standard InChI is InChI=1S/C21H31N3O6/c1-5-29-19(27)15-8-10-24(11-9-15)17-7-6-14(13-22-17)12-16(18(25)26)23-20(28)30-21(2,3)4/h6-7,13,15-16H,5,8-12H2,1-4H3,(H,23,28)(H,25,26). The summed E-state index contributed by atoms with van der Waals surface area (Å²) in [4.78, 5) is 41.8. The molecule has 1 fully saturated rings. The molecule has 0 bridgehead atoms. The van der Waals surface area contributed by atoms with Gasteiger partial charge in [-0.15, -0.1) is 0 Å². The van der Waals surface area contributed by atoms with Gasteiger partial charge in [-0.3, -0.25) is 4.79 Å². The van der Waals surface area contributed by atoms with E-state index in [9.17, 15) is 19.5 Å². The third kappa shape index (κ3) is 7.20. The fourth-order valence-corrected chi connectivity index (χ4v) is 3.21. The van der Waals surface area contributed by atoms with Crippen LogP contribution in [0.2, 0.25) is 0 Å². The van der Waals surface area contributed by atoms with E-state index >= 15 is 0 Å². The molecule has 1 unspecified atom stereocenters. The average Bonchev–Trinajstić information content (AvgIpc) is 2.67. The van der Waals surface area contributed by atoms with Crippen molar-refractivity contribution in [2.24, 2.45) is 5.92 Å². The summed E-state index contributed by atoms with van der Waals surface area (Å²) in [5.41, 5.74) is -0.0273. The normalized spacial score (nSPS) is 15.9. The molecule has 9 nitrogen and oxygen atoms in total. The van der Waals surface area contributed by atoms with Crippen molar-refractivity contribution in [3.05, 3.63) is 23.9 Å². The number of nitrogens with one attached hydrogen (secondary N) is 1. The van der Waals surface area contributed by atoms with E-state index < -0.39 is 23.7 Å². The maximum absolute atomic E-state index is 11.9. The molecule has 0 aliphatic carbocycles. The summed E-state index contributed by atoms with van der Waals surface area (Å²) < 4.78 is 10.2. The first-order valence-corrected chi connectivity index (χ1v) is 10.2. The highest BCUT2D eigenvalue weighted by Gasteiger charge is 2.27. The van der Waals surface area contributed by atoms with E-state index in [0.29, 0.717) is 38.1 Å². The molecule has 9 heteroatoms. The van der Waals surface area contributed by atoms with Gasteiger partial charge in [-0.25, -0.2) is 14.6 Å². The maximum atomic E-state index is 11.9. The quantitative estimate of drug-likeness (QED) is 0.644. The lowest BCUT2D eigenvalue weighted by molar-refractivity contribution is -0.148. The first-order valence-electron chi connectivity index (χ1n) is 10.2. The number of anilines is 1. The summed E-state index contributed by atoms with van der Waals surface area (Å²) in [5.74, 6) is -0.590. The van der Waals surface area contributed by atoms with Gasteiger partial charge in [0.15, 0.2) is 0 Å². The highest BCUT2D eigenvalue weighted by molar-refractivity contribution is 5.80. The fourth-order valence-electron chi connectivity index (χ4n) is 3.21. The summed E-state index contributed by atoms with van der Waals surface area (Å²) in [6, 6.07) is 2.51. The van der Waals surface area contributed by atoms with E-state index in [1.807, 2.05) is 6.07 Å². The predicted octanol–water partition coefficient (Wildman–Crippen LogP) is 2.38. The number of amides is 1. The van der Waals surface area contributed by atoms with Crippen molar-refractivity contribution < 1.29 is 29.0 Å². The van der Waals surface area contributed by atoms with E-state index in [2.05, 4.69) is 15.2 Å². The van der Waals surface area contributed by atoms with Crippen molar-refractivity contribution in [3.63, 3.8) is 0 Å². The molecule has 1 aromatic rings. The van der Waals surface area contributed by atoms with Gasteiger partial charge >= 0.3 is 18.0 Å². The highest BCUT2D eigenvalue weighted by atomic mass is 16.6. The van der Waals surface area contributed by atoms with Crippen LogP contribution in [0.25, 0.3) is 0 Å². The third-order valence-electron chi connectivity index (χ3n) is 4.68. The number of alkyl carbamates (subject to hydrolysis) is 1. The van der Waals surface area contributed by atoms with Gasteiger partial charge in [0.05, 0.1) is 12.5 Å². The molecule has 1 amide bonds. The van der Waals surface area contributed by atoms with Gasteiger partial charge < -0.3 is 24.8 Å². The van der Waals surface area contributed by atoms with E-state index in [0.717, 1.165) is 5.82 Å². The molecular formula is C21H31N3O6. The van der Waals surface area contributed by atoms with Gasteiger partial charge in [-0.05, 0) is 52.2 Å². The van der Waals surface area contributed by atoms with Crippen LogP contribution in [0.3, 0.4) is 0 Å². The molecule has 2 heterocycles. The number of piperidine rings is 1. The minimum Gasteiger partial charge on any atom is -0.480 e. The van der Waals surface area contributed by atoms with Crippen molar-refractivity contribution in [3.8, 4) is 0 Å². The number of ether oxygens (including phenoxy) is 2. The predicted molar refractivity (Wildman–Crippen MR) is 110 cm³/mol. The zero-order chi connectivity index (χ0) is 22.3. The van der Waals surface area contributed by atoms with Gasteiger partial charge in [0.2, 0.25) is 0 Å². The monoisotopic (exact) mass is 421 g/mol. The van der Waals surface area contributed by atoms with Crippen LogP contribution in [0.4, 0.5) is 10.6 Å². The molecule has 2 N–H and O–H groups in total. The first kappa shape index (κ1) is 23.4. The van der Waals surface area contributed by atoms with Crippen LogP contribution < -0.4 is 10.2 Å². The number of aliphatic carboxylic acids is 1. The number of carboxylic acid groups (broad SMARTS) is 1. The Bertz CT molecular complexity index is 736. The topological polar surface area (TPSA) is 118 Å². The fraction of sp³-hybridized carbons (Fsp3) is 0.619. The Kier molecular flexibility index (Phi) is 8.02. The number of aromatic nitrogens is 1. The molecule has 0 spiro atoms. The van der Waals surface area contributed by atoms with E-state index in [4.69, 9.17) is 9.47 Å². The van der Waals surface area contributed by atoms with Crippen molar-refractivity contribution in [1.29, 1.82) is 0 Å². The Morgan fingerprint density at radius 2 is 1.93 bits per heavy atom. The van der Waals surface area contributed by atoms with E-state index in [1.165, 1.54) is 0 Å². The van der Waals surface area contributed by atoms with Gasteiger partial charge in [0.25, 0.3) is 0 Å². The second-order valence-electron chi connectivity index (χ2n) is 8.28. The Labute approximate surface area is 176 Å². The second kappa shape index (κ2) is 10.3. The molecule has 1 aliphatic heterocycles. The number of carbonyl (C=O) groups excluding carboxylic acids is 2. The van der Waals surface area contributed by atoms with Crippen molar-refractivity contribution in [2.75, 3.05) is 24.6 Å². The number of nitrogens with zero attached hydrogens (tertiary/aromatic N) is 2. The van der Waals surface area contributed by atoms with E-state index in [-0.39, 0.29) is 18.3 Å². The van der Waals surface area contributed by atoms with Crippen molar-refractivity contribution in [1.82, 2.24) is 10.3 Å². The third-order valence-corrected chi connectivity index (χ3v) is 4.68. The minimum absolute atomic E-state index is 0.0734. The average molecular weight is 421 g/mol.